The van der Waals surface area contributed by atoms with Gasteiger partial charge in [0.2, 0.25) is 0 Å². The van der Waals surface area contributed by atoms with Crippen LogP contribution in [0.3, 0.4) is 0 Å². The molecule has 5 rings (SSSR count). The molecule has 0 amide bonds. The number of ether oxygens (including phenoxy) is 1. The number of carbonyl (C=O) groups is 1. The smallest absolute Gasteiger partial charge is 0.337 e. The number of fused-ring (bicyclic) bond motifs is 1. The monoisotopic (exact) mass is 446 g/mol. The molecule has 3 aromatic heterocycles. The normalized spacial score (nSPS) is 10.7. The Kier molecular flexibility index (Phi) is 5.20. The summed E-state index contributed by atoms with van der Waals surface area (Å²) in [5.74, 6) is -0.265. The molecule has 0 saturated carbocycles. The molecule has 0 unspecified atom stereocenters. The van der Waals surface area contributed by atoms with E-state index < -0.39 is 5.97 Å². The van der Waals surface area contributed by atoms with E-state index in [0.717, 1.165) is 22.4 Å². The van der Waals surface area contributed by atoms with Gasteiger partial charge in [0, 0.05) is 28.5 Å². The Morgan fingerprint density at radius 1 is 0.971 bits per heavy atom. The average molecular weight is 446 g/mol. The van der Waals surface area contributed by atoms with E-state index in [2.05, 4.69) is 16.2 Å². The quantitative estimate of drug-likeness (QED) is 0.407. The molecule has 0 aliphatic carbocycles. The number of benzene rings is 2. The molecular formula is C26H18N6O2. The van der Waals surface area contributed by atoms with Gasteiger partial charge in [0.25, 0.3) is 0 Å². The molecule has 0 radical (unpaired) electrons. The Labute approximate surface area is 194 Å². The van der Waals surface area contributed by atoms with Crippen LogP contribution in [0.1, 0.15) is 15.9 Å². The lowest BCUT2D eigenvalue weighted by Crippen LogP contribution is -2.06. The van der Waals surface area contributed by atoms with E-state index in [9.17, 15) is 10.1 Å². The lowest BCUT2D eigenvalue weighted by atomic mass is 10.0. The van der Waals surface area contributed by atoms with E-state index in [0.29, 0.717) is 22.5 Å². The van der Waals surface area contributed by atoms with Crippen molar-refractivity contribution in [1.29, 1.82) is 5.26 Å². The molecule has 2 N–H and O–H groups in total. The topological polar surface area (TPSA) is 119 Å². The third-order valence-corrected chi connectivity index (χ3v) is 5.52. The number of carbonyl (C=O) groups excluding carboxylic acids is 1. The predicted molar refractivity (Wildman–Crippen MR) is 128 cm³/mol. The van der Waals surface area contributed by atoms with E-state index in [1.54, 1.807) is 36.7 Å². The molecule has 0 fully saturated rings. The minimum Gasteiger partial charge on any atom is -0.465 e. The lowest BCUT2D eigenvalue weighted by Gasteiger charge is -2.10. The molecule has 2 aromatic carbocycles. The van der Waals surface area contributed by atoms with Crippen molar-refractivity contribution < 1.29 is 9.53 Å². The third-order valence-electron chi connectivity index (χ3n) is 5.52. The molecule has 8 nitrogen and oxygen atoms in total. The van der Waals surface area contributed by atoms with Crippen LogP contribution in [0, 0.1) is 11.3 Å². The number of nitrogens with zero attached hydrogens (tertiary/aromatic N) is 5. The van der Waals surface area contributed by atoms with Crippen molar-refractivity contribution in [2.24, 2.45) is 0 Å². The van der Waals surface area contributed by atoms with Crippen LogP contribution in [0.25, 0.3) is 39.3 Å². The Hall–Kier alpha value is -5.03. The Balaban J connectivity index is 1.61. The molecule has 164 valence electrons. The largest absolute Gasteiger partial charge is 0.465 e. The fourth-order valence-corrected chi connectivity index (χ4v) is 3.75. The summed E-state index contributed by atoms with van der Waals surface area (Å²) in [6, 6.07) is 22.6. The number of nitrogens with two attached hydrogens (primary N) is 1. The van der Waals surface area contributed by atoms with Gasteiger partial charge in [-0.25, -0.2) is 9.78 Å². The number of pyridine rings is 1. The van der Waals surface area contributed by atoms with Crippen molar-refractivity contribution in [2.45, 2.75) is 0 Å². The molecule has 0 spiro atoms. The van der Waals surface area contributed by atoms with Gasteiger partial charge in [-0.05, 0) is 18.2 Å². The van der Waals surface area contributed by atoms with Crippen LogP contribution in [0.15, 0.2) is 79.1 Å². The van der Waals surface area contributed by atoms with Crippen LogP contribution in [-0.2, 0) is 4.74 Å². The van der Waals surface area contributed by atoms with Crippen molar-refractivity contribution in [1.82, 2.24) is 19.6 Å². The molecule has 0 bridgehead atoms. The van der Waals surface area contributed by atoms with Crippen molar-refractivity contribution in [3.05, 3.63) is 90.3 Å². The van der Waals surface area contributed by atoms with Crippen molar-refractivity contribution in [3.63, 3.8) is 0 Å². The van der Waals surface area contributed by atoms with Gasteiger partial charge in [0.15, 0.2) is 5.65 Å². The maximum absolute atomic E-state index is 11.8. The summed E-state index contributed by atoms with van der Waals surface area (Å²) in [5.41, 5.74) is 11.9. The summed E-state index contributed by atoms with van der Waals surface area (Å²) >= 11 is 0. The second-order valence-electron chi connectivity index (χ2n) is 7.49. The van der Waals surface area contributed by atoms with Crippen LogP contribution < -0.4 is 5.73 Å². The zero-order valence-corrected chi connectivity index (χ0v) is 18.1. The number of nitriles is 1. The van der Waals surface area contributed by atoms with Crippen LogP contribution in [0.2, 0.25) is 0 Å². The lowest BCUT2D eigenvalue weighted by molar-refractivity contribution is 0.0600. The highest BCUT2D eigenvalue weighted by Gasteiger charge is 2.19. The number of esters is 1. The van der Waals surface area contributed by atoms with Crippen LogP contribution >= 0.6 is 0 Å². The minimum atomic E-state index is -0.445. The molecule has 5 aromatic rings. The first-order valence-corrected chi connectivity index (χ1v) is 10.4. The summed E-state index contributed by atoms with van der Waals surface area (Å²) in [7, 11) is 1.32. The van der Waals surface area contributed by atoms with Crippen molar-refractivity contribution >= 4 is 17.4 Å². The molecular weight excluding hydrogens is 428 g/mol. The number of aromatic nitrogens is 4. The van der Waals surface area contributed by atoms with Crippen LogP contribution in [0.5, 0.6) is 0 Å². The molecule has 0 aliphatic rings. The Morgan fingerprint density at radius 3 is 2.35 bits per heavy atom. The summed E-state index contributed by atoms with van der Waals surface area (Å²) in [6.07, 6.45) is 3.42. The van der Waals surface area contributed by atoms with Gasteiger partial charge in [0.1, 0.15) is 17.5 Å². The highest BCUT2D eigenvalue weighted by atomic mass is 16.5. The Bertz CT molecular complexity index is 1550. The van der Waals surface area contributed by atoms with Gasteiger partial charge >= 0.3 is 5.97 Å². The summed E-state index contributed by atoms with van der Waals surface area (Å²) < 4.78 is 6.20. The van der Waals surface area contributed by atoms with Gasteiger partial charge in [0.05, 0.1) is 30.3 Å². The molecule has 8 heteroatoms. The number of hydrogen-bond acceptors (Lipinski definition) is 7. The number of hydrogen-bond donors (Lipinski definition) is 1. The van der Waals surface area contributed by atoms with Gasteiger partial charge in [-0.3, -0.25) is 4.98 Å². The SMILES string of the molecule is COC(=O)c1ccc(-c2nc3c(-c4ccc(-c5ccccc5)nc4)cnn3c(N)c2C#N)cc1. The Morgan fingerprint density at radius 2 is 1.71 bits per heavy atom. The highest BCUT2D eigenvalue weighted by Crippen LogP contribution is 2.31. The van der Waals surface area contributed by atoms with Crippen molar-refractivity contribution in [3.8, 4) is 39.7 Å². The second-order valence-corrected chi connectivity index (χ2v) is 7.49. The minimum absolute atomic E-state index is 0.180. The van der Waals surface area contributed by atoms with Gasteiger partial charge in [-0.15, -0.1) is 0 Å². The van der Waals surface area contributed by atoms with Crippen LogP contribution in [-0.4, -0.2) is 32.7 Å². The second kappa shape index (κ2) is 8.48. The van der Waals surface area contributed by atoms with E-state index in [1.165, 1.54) is 11.6 Å². The first kappa shape index (κ1) is 20.8. The fourth-order valence-electron chi connectivity index (χ4n) is 3.75. The molecule has 0 atom stereocenters. The summed E-state index contributed by atoms with van der Waals surface area (Å²) in [6.45, 7) is 0. The summed E-state index contributed by atoms with van der Waals surface area (Å²) in [5, 5.41) is 14.1. The maximum atomic E-state index is 11.8. The first-order chi connectivity index (χ1) is 16.6. The highest BCUT2D eigenvalue weighted by molar-refractivity contribution is 5.90. The number of rotatable bonds is 4. The average Bonchev–Trinajstić information content (AvgIpc) is 3.33. The first-order valence-electron chi connectivity index (χ1n) is 10.4. The summed E-state index contributed by atoms with van der Waals surface area (Å²) in [4.78, 5) is 21.1. The van der Waals surface area contributed by atoms with E-state index >= 15 is 0 Å². The van der Waals surface area contributed by atoms with E-state index in [-0.39, 0.29) is 11.4 Å². The number of anilines is 1. The van der Waals surface area contributed by atoms with Crippen LogP contribution in [0.4, 0.5) is 5.82 Å². The molecule has 0 aliphatic heterocycles. The van der Waals surface area contributed by atoms with Gasteiger partial charge < -0.3 is 10.5 Å². The zero-order chi connectivity index (χ0) is 23.7. The fraction of sp³-hybridized carbons (Fsp3) is 0.0385. The van der Waals surface area contributed by atoms with Gasteiger partial charge in [-0.2, -0.15) is 14.9 Å². The van der Waals surface area contributed by atoms with Crippen molar-refractivity contribution in [2.75, 3.05) is 12.8 Å². The number of nitrogen functional groups attached to an aromatic ring is 1. The predicted octanol–water partition coefficient (Wildman–Crippen LogP) is 4.37. The van der Waals surface area contributed by atoms with Gasteiger partial charge in [-0.1, -0.05) is 48.5 Å². The molecule has 0 saturated heterocycles. The standard InChI is InChI=1S/C26H18N6O2/c1-34-26(33)18-9-7-17(8-10-18)23-20(13-27)24(28)32-25(31-23)21(15-30-32)19-11-12-22(29-14-19)16-5-3-2-4-6-16/h2-12,14-15H,28H2,1H3. The maximum Gasteiger partial charge on any atom is 0.337 e. The third kappa shape index (κ3) is 3.51. The molecule has 3 heterocycles. The zero-order valence-electron chi connectivity index (χ0n) is 18.1. The van der Waals surface area contributed by atoms with E-state index in [1.807, 2.05) is 42.5 Å². The van der Waals surface area contributed by atoms with E-state index in [4.69, 9.17) is 15.5 Å². The number of methoxy groups -OCH3 is 1. The molecule has 34 heavy (non-hydrogen) atoms.